The average molecular weight is 340 g/mol. The van der Waals surface area contributed by atoms with Crippen LogP contribution in [0.3, 0.4) is 0 Å². The van der Waals surface area contributed by atoms with E-state index in [4.69, 9.17) is 0 Å². The Bertz CT molecular complexity index is 535. The summed E-state index contributed by atoms with van der Waals surface area (Å²) in [6, 6.07) is 7.49. The molecule has 0 bridgehead atoms. The Balaban J connectivity index is 1.79. The molecule has 7 heteroatoms. The SMILES string of the molecule is CCN(CCNC(=NC)NCc1ccccc1OC(F)F)C1CC1. The van der Waals surface area contributed by atoms with Crippen LogP contribution in [0.25, 0.3) is 0 Å². The Morgan fingerprint density at radius 3 is 2.71 bits per heavy atom. The number of halogens is 2. The molecule has 1 fully saturated rings. The first-order chi connectivity index (χ1) is 11.6. The van der Waals surface area contributed by atoms with E-state index >= 15 is 0 Å². The second-order valence-electron chi connectivity index (χ2n) is 5.70. The number of rotatable bonds is 9. The van der Waals surface area contributed by atoms with Gasteiger partial charge in [-0.15, -0.1) is 0 Å². The fourth-order valence-electron chi connectivity index (χ4n) is 2.62. The lowest BCUT2D eigenvalue weighted by Gasteiger charge is -2.21. The standard InChI is InChI=1S/C17H26F2N4O/c1-3-23(14-8-9-14)11-10-21-17(20-2)22-12-13-6-4-5-7-15(13)24-16(18)19/h4-7,14,16H,3,8-12H2,1-2H3,(H2,20,21,22). The van der Waals surface area contributed by atoms with Gasteiger partial charge in [-0.05, 0) is 25.5 Å². The summed E-state index contributed by atoms with van der Waals surface area (Å²) in [4.78, 5) is 6.61. The van der Waals surface area contributed by atoms with Crippen molar-refractivity contribution in [2.45, 2.75) is 39.0 Å². The average Bonchev–Trinajstić information content (AvgIpc) is 3.40. The number of likely N-dealkylation sites (N-methyl/N-ethyl adjacent to an activating group) is 1. The van der Waals surface area contributed by atoms with Crippen molar-refractivity contribution in [2.24, 2.45) is 4.99 Å². The van der Waals surface area contributed by atoms with E-state index in [0.717, 1.165) is 25.7 Å². The number of para-hydroxylation sites is 1. The Morgan fingerprint density at radius 2 is 2.08 bits per heavy atom. The molecule has 1 aromatic rings. The van der Waals surface area contributed by atoms with Gasteiger partial charge >= 0.3 is 6.61 Å². The van der Waals surface area contributed by atoms with Crippen molar-refractivity contribution < 1.29 is 13.5 Å². The molecule has 1 aromatic carbocycles. The lowest BCUT2D eigenvalue weighted by atomic mass is 10.2. The van der Waals surface area contributed by atoms with E-state index in [1.54, 1.807) is 25.2 Å². The molecule has 0 atom stereocenters. The number of hydrogen-bond donors (Lipinski definition) is 2. The third kappa shape index (κ3) is 5.96. The van der Waals surface area contributed by atoms with Gasteiger partial charge in [-0.1, -0.05) is 25.1 Å². The maximum Gasteiger partial charge on any atom is 0.387 e. The first kappa shape index (κ1) is 18.4. The minimum Gasteiger partial charge on any atom is -0.434 e. The molecular weight excluding hydrogens is 314 g/mol. The lowest BCUT2D eigenvalue weighted by Crippen LogP contribution is -2.41. The number of alkyl halides is 2. The van der Waals surface area contributed by atoms with E-state index in [1.165, 1.54) is 18.9 Å². The van der Waals surface area contributed by atoms with Crippen molar-refractivity contribution in [1.82, 2.24) is 15.5 Å². The molecule has 0 aromatic heterocycles. The molecule has 5 nitrogen and oxygen atoms in total. The van der Waals surface area contributed by atoms with Gasteiger partial charge in [0.2, 0.25) is 0 Å². The fourth-order valence-corrected chi connectivity index (χ4v) is 2.62. The third-order valence-electron chi connectivity index (χ3n) is 4.02. The third-order valence-corrected chi connectivity index (χ3v) is 4.02. The lowest BCUT2D eigenvalue weighted by molar-refractivity contribution is -0.0504. The maximum atomic E-state index is 12.4. The first-order valence-corrected chi connectivity index (χ1v) is 8.35. The van der Waals surface area contributed by atoms with Crippen molar-refractivity contribution in [3.63, 3.8) is 0 Å². The highest BCUT2D eigenvalue weighted by Gasteiger charge is 2.27. The summed E-state index contributed by atoms with van der Waals surface area (Å²) in [6.45, 7) is 2.52. The van der Waals surface area contributed by atoms with E-state index in [1.807, 2.05) is 0 Å². The van der Waals surface area contributed by atoms with Crippen LogP contribution < -0.4 is 15.4 Å². The fraction of sp³-hybridized carbons (Fsp3) is 0.588. The summed E-state index contributed by atoms with van der Waals surface area (Å²) in [5, 5.41) is 6.39. The number of ether oxygens (including phenoxy) is 1. The summed E-state index contributed by atoms with van der Waals surface area (Å²) in [6.07, 6.45) is 2.59. The molecule has 0 amide bonds. The largest absolute Gasteiger partial charge is 0.434 e. The zero-order valence-corrected chi connectivity index (χ0v) is 14.3. The van der Waals surface area contributed by atoms with Gasteiger partial charge in [-0.3, -0.25) is 9.89 Å². The van der Waals surface area contributed by atoms with Gasteiger partial charge in [0, 0.05) is 38.3 Å². The van der Waals surface area contributed by atoms with Gasteiger partial charge in [0.05, 0.1) is 0 Å². The van der Waals surface area contributed by atoms with Crippen LogP contribution in [0.2, 0.25) is 0 Å². The number of nitrogens with zero attached hydrogens (tertiary/aromatic N) is 2. The van der Waals surface area contributed by atoms with Crippen molar-refractivity contribution in [3.8, 4) is 5.75 Å². The predicted octanol–water partition coefficient (Wildman–Crippen LogP) is 2.44. The molecule has 0 saturated heterocycles. The highest BCUT2D eigenvalue weighted by Crippen LogP contribution is 2.25. The number of hydrogen-bond acceptors (Lipinski definition) is 3. The summed E-state index contributed by atoms with van der Waals surface area (Å²) >= 11 is 0. The van der Waals surface area contributed by atoms with Gasteiger partial charge in [-0.2, -0.15) is 8.78 Å². The van der Waals surface area contributed by atoms with E-state index < -0.39 is 6.61 Å². The molecule has 1 aliphatic carbocycles. The second-order valence-corrected chi connectivity index (χ2v) is 5.70. The molecule has 0 aliphatic heterocycles. The summed E-state index contributed by atoms with van der Waals surface area (Å²) < 4.78 is 29.4. The Morgan fingerprint density at radius 1 is 1.33 bits per heavy atom. The normalized spacial score (nSPS) is 15.0. The summed E-state index contributed by atoms with van der Waals surface area (Å²) in [5.74, 6) is 0.829. The highest BCUT2D eigenvalue weighted by molar-refractivity contribution is 5.79. The van der Waals surface area contributed by atoms with Gasteiger partial charge in [0.1, 0.15) is 5.75 Å². The number of guanidine groups is 1. The van der Waals surface area contributed by atoms with Crippen molar-refractivity contribution in [2.75, 3.05) is 26.7 Å². The smallest absolute Gasteiger partial charge is 0.387 e. The maximum absolute atomic E-state index is 12.4. The molecular formula is C17H26F2N4O. The van der Waals surface area contributed by atoms with Crippen LogP contribution >= 0.6 is 0 Å². The van der Waals surface area contributed by atoms with Crippen molar-refractivity contribution >= 4 is 5.96 Å². The zero-order valence-electron chi connectivity index (χ0n) is 14.3. The molecule has 134 valence electrons. The predicted molar refractivity (Wildman–Crippen MR) is 91.5 cm³/mol. The van der Waals surface area contributed by atoms with Gasteiger partial charge in [0.15, 0.2) is 5.96 Å². The van der Waals surface area contributed by atoms with E-state index in [2.05, 4.69) is 32.2 Å². The Kier molecular flexibility index (Phi) is 7.24. The molecule has 0 spiro atoms. The molecule has 2 rings (SSSR count). The summed E-state index contributed by atoms with van der Waals surface area (Å²) in [7, 11) is 1.69. The molecule has 24 heavy (non-hydrogen) atoms. The molecule has 2 N–H and O–H groups in total. The first-order valence-electron chi connectivity index (χ1n) is 8.35. The van der Waals surface area contributed by atoms with Crippen LogP contribution in [0, 0.1) is 0 Å². The minimum atomic E-state index is -2.83. The molecule has 0 radical (unpaired) electrons. The Hall–Kier alpha value is -1.89. The zero-order chi connectivity index (χ0) is 17.4. The van der Waals surface area contributed by atoms with E-state index in [9.17, 15) is 8.78 Å². The second kappa shape index (κ2) is 9.42. The van der Waals surface area contributed by atoms with Gasteiger partial charge in [-0.25, -0.2) is 0 Å². The van der Waals surface area contributed by atoms with Gasteiger partial charge < -0.3 is 15.4 Å². The summed E-state index contributed by atoms with van der Waals surface area (Å²) in [5.41, 5.74) is 0.661. The van der Waals surface area contributed by atoms with Crippen LogP contribution in [0.5, 0.6) is 5.75 Å². The monoisotopic (exact) mass is 340 g/mol. The molecule has 1 saturated carbocycles. The van der Waals surface area contributed by atoms with Crippen LogP contribution in [-0.4, -0.2) is 50.2 Å². The quantitative estimate of drug-likeness (QED) is 0.535. The number of nitrogens with one attached hydrogen (secondary N) is 2. The Labute approximate surface area is 142 Å². The van der Waals surface area contributed by atoms with Crippen LogP contribution in [0.4, 0.5) is 8.78 Å². The molecule has 1 aliphatic rings. The topological polar surface area (TPSA) is 48.9 Å². The van der Waals surface area contributed by atoms with Crippen molar-refractivity contribution in [1.29, 1.82) is 0 Å². The minimum absolute atomic E-state index is 0.182. The van der Waals surface area contributed by atoms with Crippen LogP contribution in [0.1, 0.15) is 25.3 Å². The van der Waals surface area contributed by atoms with E-state index in [-0.39, 0.29) is 5.75 Å². The highest BCUT2D eigenvalue weighted by atomic mass is 19.3. The number of benzene rings is 1. The van der Waals surface area contributed by atoms with E-state index in [0.29, 0.717) is 18.1 Å². The number of aliphatic imine (C=N–C) groups is 1. The molecule has 0 heterocycles. The van der Waals surface area contributed by atoms with Crippen LogP contribution in [0.15, 0.2) is 29.3 Å². The van der Waals surface area contributed by atoms with Crippen molar-refractivity contribution in [3.05, 3.63) is 29.8 Å². The molecule has 0 unspecified atom stereocenters. The van der Waals surface area contributed by atoms with Gasteiger partial charge in [0.25, 0.3) is 0 Å². The van der Waals surface area contributed by atoms with Crippen LogP contribution in [-0.2, 0) is 6.54 Å².